The number of hydrogen-bond donors (Lipinski definition) is 0. The number of methoxy groups -OCH3 is 1. The first kappa shape index (κ1) is 13.7. The molecule has 0 amide bonds. The van der Waals surface area contributed by atoms with E-state index in [0.29, 0.717) is 0 Å². The summed E-state index contributed by atoms with van der Waals surface area (Å²) in [5, 5.41) is 0. The lowest BCUT2D eigenvalue weighted by Gasteiger charge is -2.11. The molecule has 0 saturated carbocycles. The molecule has 0 aliphatic rings. The Labute approximate surface area is 125 Å². The van der Waals surface area contributed by atoms with Crippen molar-refractivity contribution in [2.45, 2.75) is 27.3 Å². The van der Waals surface area contributed by atoms with Crippen molar-refractivity contribution in [2.75, 3.05) is 7.11 Å². The van der Waals surface area contributed by atoms with E-state index in [4.69, 9.17) is 4.74 Å². The number of imidazole rings is 1. The first-order valence-electron chi connectivity index (χ1n) is 7.14. The predicted molar refractivity (Wildman–Crippen MR) is 86.0 cm³/mol. The lowest BCUT2D eigenvalue weighted by molar-refractivity contribution is 0.408. The van der Waals surface area contributed by atoms with Crippen LogP contribution in [0.5, 0.6) is 5.75 Å². The quantitative estimate of drug-likeness (QED) is 0.724. The van der Waals surface area contributed by atoms with E-state index in [2.05, 4.69) is 54.6 Å². The zero-order valence-electron chi connectivity index (χ0n) is 13.0. The van der Waals surface area contributed by atoms with Gasteiger partial charge < -0.3 is 9.30 Å². The SMILES string of the molecule is COc1ccc(C)cc1Cn1cnc2cc(C)c(C)cc21. The highest BCUT2D eigenvalue weighted by Gasteiger charge is 2.08. The molecule has 1 aromatic heterocycles. The van der Waals surface area contributed by atoms with E-state index in [1.807, 2.05) is 12.4 Å². The van der Waals surface area contributed by atoms with Gasteiger partial charge in [-0.15, -0.1) is 0 Å². The summed E-state index contributed by atoms with van der Waals surface area (Å²) < 4.78 is 7.65. The number of ether oxygens (including phenoxy) is 1. The van der Waals surface area contributed by atoms with Crippen LogP contribution in [0.3, 0.4) is 0 Å². The van der Waals surface area contributed by atoms with Crippen LogP contribution in [0.2, 0.25) is 0 Å². The summed E-state index contributed by atoms with van der Waals surface area (Å²) in [6.45, 7) is 7.13. The second-order valence-electron chi connectivity index (χ2n) is 5.61. The molecule has 0 aliphatic carbocycles. The summed E-state index contributed by atoms with van der Waals surface area (Å²) in [4.78, 5) is 4.52. The molecule has 0 bridgehead atoms. The molecule has 0 atom stereocenters. The molecule has 0 aliphatic heterocycles. The highest BCUT2D eigenvalue weighted by Crippen LogP contribution is 2.24. The van der Waals surface area contributed by atoms with E-state index in [1.54, 1.807) is 7.11 Å². The van der Waals surface area contributed by atoms with Gasteiger partial charge in [0.15, 0.2) is 0 Å². The number of aryl methyl sites for hydroxylation is 3. The van der Waals surface area contributed by atoms with Crippen molar-refractivity contribution in [3.63, 3.8) is 0 Å². The summed E-state index contributed by atoms with van der Waals surface area (Å²) in [5.41, 5.74) is 7.20. The number of rotatable bonds is 3. The molecule has 0 radical (unpaired) electrons. The van der Waals surface area contributed by atoms with Crippen LogP contribution in [0.4, 0.5) is 0 Å². The van der Waals surface area contributed by atoms with E-state index in [0.717, 1.165) is 17.8 Å². The molecule has 108 valence electrons. The van der Waals surface area contributed by atoms with Crippen molar-refractivity contribution < 1.29 is 4.74 Å². The van der Waals surface area contributed by atoms with Crippen molar-refractivity contribution >= 4 is 11.0 Å². The van der Waals surface area contributed by atoms with E-state index in [1.165, 1.54) is 27.8 Å². The Balaban J connectivity index is 2.06. The van der Waals surface area contributed by atoms with Crippen LogP contribution in [-0.2, 0) is 6.54 Å². The summed E-state index contributed by atoms with van der Waals surface area (Å²) in [6, 6.07) is 10.6. The fourth-order valence-electron chi connectivity index (χ4n) is 2.65. The van der Waals surface area contributed by atoms with Gasteiger partial charge >= 0.3 is 0 Å². The Morgan fingerprint density at radius 2 is 1.81 bits per heavy atom. The van der Waals surface area contributed by atoms with Gasteiger partial charge in [-0.1, -0.05) is 17.7 Å². The second kappa shape index (κ2) is 5.24. The number of fused-ring (bicyclic) bond motifs is 1. The van der Waals surface area contributed by atoms with E-state index in [9.17, 15) is 0 Å². The third-order valence-corrected chi connectivity index (χ3v) is 4.01. The van der Waals surface area contributed by atoms with Crippen molar-refractivity contribution in [2.24, 2.45) is 0 Å². The van der Waals surface area contributed by atoms with Crippen LogP contribution < -0.4 is 4.74 Å². The average Bonchev–Trinajstić information content (AvgIpc) is 2.82. The Morgan fingerprint density at radius 3 is 2.57 bits per heavy atom. The molecule has 0 N–H and O–H groups in total. The molecule has 3 nitrogen and oxygen atoms in total. The summed E-state index contributed by atoms with van der Waals surface area (Å²) in [5.74, 6) is 0.922. The number of benzene rings is 2. The number of nitrogens with zero attached hydrogens (tertiary/aromatic N) is 2. The van der Waals surface area contributed by atoms with Crippen LogP contribution in [0.1, 0.15) is 22.3 Å². The van der Waals surface area contributed by atoms with Gasteiger partial charge in [-0.2, -0.15) is 0 Å². The zero-order valence-corrected chi connectivity index (χ0v) is 13.0. The minimum Gasteiger partial charge on any atom is -0.496 e. The first-order valence-corrected chi connectivity index (χ1v) is 7.14. The molecule has 1 heterocycles. The average molecular weight is 280 g/mol. The Kier molecular flexibility index (Phi) is 3.42. The minimum absolute atomic E-state index is 0.768. The summed E-state index contributed by atoms with van der Waals surface area (Å²) in [7, 11) is 1.72. The third-order valence-electron chi connectivity index (χ3n) is 4.01. The molecule has 0 saturated heterocycles. The van der Waals surface area contributed by atoms with Crippen LogP contribution in [0.25, 0.3) is 11.0 Å². The summed E-state index contributed by atoms with van der Waals surface area (Å²) in [6.07, 6.45) is 1.91. The fraction of sp³-hybridized carbons (Fsp3) is 0.278. The molecular weight excluding hydrogens is 260 g/mol. The molecule has 21 heavy (non-hydrogen) atoms. The highest BCUT2D eigenvalue weighted by molar-refractivity contribution is 5.77. The Hall–Kier alpha value is -2.29. The molecule has 0 unspecified atom stereocenters. The predicted octanol–water partition coefficient (Wildman–Crippen LogP) is 4.02. The Bertz CT molecular complexity index is 802. The number of hydrogen-bond acceptors (Lipinski definition) is 2. The van der Waals surface area contributed by atoms with Crippen molar-refractivity contribution in [1.29, 1.82) is 0 Å². The molecule has 2 aromatic carbocycles. The van der Waals surface area contributed by atoms with Crippen LogP contribution in [0, 0.1) is 20.8 Å². The van der Waals surface area contributed by atoms with Crippen molar-refractivity contribution in [1.82, 2.24) is 9.55 Å². The first-order chi connectivity index (χ1) is 10.1. The molecule has 0 fully saturated rings. The summed E-state index contributed by atoms with van der Waals surface area (Å²) >= 11 is 0. The van der Waals surface area contributed by atoms with Crippen LogP contribution in [0.15, 0.2) is 36.7 Å². The molecule has 0 spiro atoms. The normalized spacial score (nSPS) is 11.0. The number of aromatic nitrogens is 2. The topological polar surface area (TPSA) is 27.1 Å². The lowest BCUT2D eigenvalue weighted by Crippen LogP contribution is -2.01. The molecular formula is C18H20N2O. The maximum Gasteiger partial charge on any atom is 0.123 e. The van der Waals surface area contributed by atoms with Crippen LogP contribution in [-0.4, -0.2) is 16.7 Å². The van der Waals surface area contributed by atoms with Gasteiger partial charge in [-0.05, 0) is 50.1 Å². The fourth-order valence-corrected chi connectivity index (χ4v) is 2.65. The van der Waals surface area contributed by atoms with Gasteiger partial charge in [-0.3, -0.25) is 0 Å². The van der Waals surface area contributed by atoms with Gasteiger partial charge in [0.2, 0.25) is 0 Å². The molecule has 3 rings (SSSR count). The monoisotopic (exact) mass is 280 g/mol. The second-order valence-corrected chi connectivity index (χ2v) is 5.61. The maximum atomic E-state index is 5.47. The van der Waals surface area contributed by atoms with Gasteiger partial charge in [-0.25, -0.2) is 4.98 Å². The van der Waals surface area contributed by atoms with Gasteiger partial charge in [0, 0.05) is 5.56 Å². The molecule has 3 heteroatoms. The zero-order chi connectivity index (χ0) is 15.0. The molecule has 3 aromatic rings. The maximum absolute atomic E-state index is 5.47. The van der Waals surface area contributed by atoms with Gasteiger partial charge in [0.05, 0.1) is 31.0 Å². The van der Waals surface area contributed by atoms with Crippen LogP contribution >= 0.6 is 0 Å². The Morgan fingerprint density at radius 1 is 1.05 bits per heavy atom. The van der Waals surface area contributed by atoms with E-state index < -0.39 is 0 Å². The van der Waals surface area contributed by atoms with Crippen molar-refractivity contribution in [3.05, 3.63) is 58.9 Å². The lowest BCUT2D eigenvalue weighted by atomic mass is 10.1. The van der Waals surface area contributed by atoms with Crippen molar-refractivity contribution in [3.8, 4) is 5.75 Å². The van der Waals surface area contributed by atoms with E-state index >= 15 is 0 Å². The van der Waals surface area contributed by atoms with Gasteiger partial charge in [0.1, 0.15) is 5.75 Å². The standard InChI is InChI=1S/C18H20N2O/c1-12-5-6-18(21-4)15(7-12)10-20-11-19-16-8-13(2)14(3)9-17(16)20/h5-9,11H,10H2,1-4H3. The van der Waals surface area contributed by atoms with E-state index in [-0.39, 0.29) is 0 Å². The highest BCUT2D eigenvalue weighted by atomic mass is 16.5. The largest absolute Gasteiger partial charge is 0.496 e. The minimum atomic E-state index is 0.768. The third kappa shape index (κ3) is 2.51. The smallest absolute Gasteiger partial charge is 0.123 e. The van der Waals surface area contributed by atoms with Gasteiger partial charge in [0.25, 0.3) is 0 Å².